The van der Waals surface area contributed by atoms with Crippen molar-refractivity contribution in [3.05, 3.63) is 0 Å². The number of hydrogen-bond acceptors (Lipinski definition) is 0. The van der Waals surface area contributed by atoms with E-state index in [1.165, 1.54) is 0 Å². The van der Waals surface area contributed by atoms with Crippen LogP contribution < -0.4 is 591 Å². The van der Waals surface area contributed by atoms with E-state index in [1.807, 2.05) is 0 Å². The zero-order valence-corrected chi connectivity index (χ0v) is 121. The van der Waals surface area contributed by atoms with E-state index in [0.29, 0.717) is 0 Å². The predicted molar refractivity (Wildman–Crippen MR) is 368 cm³/mol. The monoisotopic (exact) mass is 2060 g/mol. The van der Waals surface area contributed by atoms with Crippen LogP contribution in [0.5, 0.6) is 0 Å². The van der Waals surface area contributed by atoms with Crippen molar-refractivity contribution in [3.8, 4) is 0 Å². The van der Waals surface area contributed by atoms with Gasteiger partial charge in [-0.3, -0.25) is 0 Å². The Morgan fingerprint density at radius 2 is 0.0286 bits per heavy atom. The van der Waals surface area contributed by atoms with Crippen molar-refractivity contribution >= 4 is 675 Å². The fraction of sp³-hybridized carbons (Fsp3) is 0. The molecule has 0 nitrogen and oxygen atoms in total. The van der Waals surface area contributed by atoms with Crippen LogP contribution >= 0.6 is 0 Å². The first kappa shape index (κ1) is 867. The molecule has 0 bridgehead atoms. The molecule has 0 spiro atoms. The maximum Gasteiger partial charge on any atom is 1.00 e. The maximum absolute atomic E-state index is 0. The normalized spacial score (nSPS) is 0. The summed E-state index contributed by atoms with van der Waals surface area (Å²) in [7, 11) is 0. The summed E-state index contributed by atoms with van der Waals surface area (Å²) < 4.78 is 0. The van der Waals surface area contributed by atoms with E-state index in [4.69, 9.17) is 0 Å². The smallest absolute Gasteiger partial charge is 1.00 e. The minimum atomic E-state index is 0. The Kier molecular flexibility index (Phi) is 10400. The molecule has 0 unspecified atom stereocenters. The SMILES string of the molecule is [Na+].[Na+].[Na+].[Na+].[Na+].[Na+].[Na+].[Na+].[Na+].[Na+].[Na+].[Na+].[Na+].[Na+].[Na+].[Na+].[Na+].[Na+].[Na+].[Na+].[S-2].[S-2].[S-2].[S-2].[S-2].[S-2].[S-2].[S-2].[S-2].[S-2].[S-2].[S-2].[S-2].[S-2].[S-2].[S-2].[S-2].[S-2].[S-2].[S-2].[S-2].[S-2].[S-2].[S-2].[S-2].[S-2].[S-2].[S-2].[S-2].[S-2].[S-2].[S-2].[S-2].[S-2].[S-2].[S-2].[S-2].[S-2].[S-2].[S-2].[S-2].[S-2].[S-2].[S-2].[S-2].[S-2].[S-2].[S-2].[S-2].[S-2]. The molecule has 0 saturated heterocycles. The first-order valence-corrected chi connectivity index (χ1v) is 0. The quantitative estimate of drug-likeness (QED) is 0.212. The Labute approximate surface area is 1230 Å². The maximum atomic E-state index is 0. The Balaban J connectivity index is 0. The summed E-state index contributed by atoms with van der Waals surface area (Å²) in [6.07, 6.45) is 0. The van der Waals surface area contributed by atoms with Crippen LogP contribution in [0, 0.1) is 0 Å². The molecule has 70 heavy (non-hydrogen) atoms. The first-order chi connectivity index (χ1) is 0. The third-order valence-corrected chi connectivity index (χ3v) is 0. The molecule has 0 fully saturated rings. The molecule has 0 aliphatic carbocycles. The standard InChI is InChI=1S/20Na.50S/q20*+1;50*-2. The van der Waals surface area contributed by atoms with Crippen molar-refractivity contribution < 1.29 is 591 Å². The number of hydrogen-bond donors (Lipinski definition) is 0. The van der Waals surface area contributed by atoms with Gasteiger partial charge in [-0.25, -0.2) is 0 Å². The van der Waals surface area contributed by atoms with Gasteiger partial charge in [0, 0.05) is 0 Å². The average Bonchev–Trinajstić information content (AvgIpc) is 0. The molecule has 400 valence electrons. The van der Waals surface area contributed by atoms with Crippen molar-refractivity contribution in [1.29, 1.82) is 0 Å². The molecule has 0 aliphatic rings. The Morgan fingerprint density at radius 3 is 0.0286 bits per heavy atom. The van der Waals surface area contributed by atoms with E-state index >= 15 is 0 Å². The summed E-state index contributed by atoms with van der Waals surface area (Å²) in [4.78, 5) is 0. The van der Waals surface area contributed by atoms with Gasteiger partial charge in [0.2, 0.25) is 0 Å². The van der Waals surface area contributed by atoms with Crippen LogP contribution in [0.15, 0.2) is 0 Å². The molecule has 0 N–H and O–H groups in total. The molecule has 0 aromatic carbocycles. The molecular formula is Na20S50-80. The Bertz CT molecular complexity index is 60.4. The largest absolute Gasteiger partial charge is 2.00 e. The van der Waals surface area contributed by atoms with Gasteiger partial charge in [0.1, 0.15) is 0 Å². The number of rotatable bonds is 0. The van der Waals surface area contributed by atoms with Gasteiger partial charge >= 0.3 is 591 Å². The van der Waals surface area contributed by atoms with Crippen molar-refractivity contribution in [2.75, 3.05) is 0 Å². The fourth-order valence-electron chi connectivity index (χ4n) is 0. The van der Waals surface area contributed by atoms with E-state index in [9.17, 15) is 0 Å². The van der Waals surface area contributed by atoms with Gasteiger partial charge in [0.05, 0.1) is 0 Å². The molecule has 0 aliphatic heterocycles. The van der Waals surface area contributed by atoms with E-state index in [0.717, 1.165) is 0 Å². The summed E-state index contributed by atoms with van der Waals surface area (Å²) in [5.41, 5.74) is 0. The second-order valence-corrected chi connectivity index (χ2v) is 0. The third-order valence-electron chi connectivity index (χ3n) is 0. The Morgan fingerprint density at radius 1 is 0.0286 bits per heavy atom. The van der Waals surface area contributed by atoms with Crippen LogP contribution in [0.3, 0.4) is 0 Å². The summed E-state index contributed by atoms with van der Waals surface area (Å²) in [6, 6.07) is 0. The predicted octanol–water partition coefficient (Wildman–Crippen LogP) is -60.0. The molecule has 0 aromatic heterocycles. The van der Waals surface area contributed by atoms with E-state index < -0.39 is 0 Å². The molecule has 0 atom stereocenters. The molecule has 0 amide bonds. The summed E-state index contributed by atoms with van der Waals surface area (Å²) in [5.74, 6) is 0. The van der Waals surface area contributed by atoms with Gasteiger partial charge in [-0.15, -0.1) is 0 Å². The van der Waals surface area contributed by atoms with E-state index in [1.54, 1.807) is 0 Å². The van der Waals surface area contributed by atoms with E-state index in [2.05, 4.69) is 0 Å². The zero-order valence-electron chi connectivity index (χ0n) is 40.4. The van der Waals surface area contributed by atoms with Crippen molar-refractivity contribution in [3.63, 3.8) is 0 Å². The molecule has 0 aromatic rings. The molecule has 70 heteroatoms. The van der Waals surface area contributed by atoms with Gasteiger partial charge in [-0.05, 0) is 0 Å². The van der Waals surface area contributed by atoms with Crippen LogP contribution in [0.2, 0.25) is 0 Å². The molecule has 0 radical (unpaired) electrons. The third kappa shape index (κ3) is 819. The summed E-state index contributed by atoms with van der Waals surface area (Å²) in [6.45, 7) is 0. The average molecular weight is 2060 g/mol. The van der Waals surface area contributed by atoms with Crippen LogP contribution in [-0.4, -0.2) is 0 Å². The Hall–Kier alpha value is 37.5. The molecule has 0 rings (SSSR count). The molecule has 0 heterocycles. The van der Waals surface area contributed by atoms with Gasteiger partial charge in [-0.1, -0.05) is 0 Å². The minimum Gasteiger partial charge on any atom is -2.00 e. The first-order valence-electron chi connectivity index (χ1n) is 0. The van der Waals surface area contributed by atoms with Gasteiger partial charge in [0.25, 0.3) is 0 Å². The minimum absolute atomic E-state index is 0. The second-order valence-electron chi connectivity index (χ2n) is 0. The van der Waals surface area contributed by atoms with Crippen molar-refractivity contribution in [2.24, 2.45) is 0 Å². The van der Waals surface area contributed by atoms with Crippen LogP contribution in [0.1, 0.15) is 0 Å². The van der Waals surface area contributed by atoms with Crippen molar-refractivity contribution in [2.45, 2.75) is 0 Å². The van der Waals surface area contributed by atoms with Crippen LogP contribution in [0.25, 0.3) is 0 Å². The van der Waals surface area contributed by atoms with Crippen LogP contribution in [0.4, 0.5) is 0 Å². The topological polar surface area (TPSA) is 0 Å². The zero-order chi connectivity index (χ0) is 0. The molecule has 0 saturated carbocycles. The summed E-state index contributed by atoms with van der Waals surface area (Å²) >= 11 is 0. The second kappa shape index (κ2) is 843. The van der Waals surface area contributed by atoms with Gasteiger partial charge < -0.3 is 675 Å². The van der Waals surface area contributed by atoms with E-state index in [-0.39, 0.29) is 1270 Å². The summed E-state index contributed by atoms with van der Waals surface area (Å²) in [5, 5.41) is 0. The van der Waals surface area contributed by atoms with Crippen LogP contribution in [-0.2, 0) is 675 Å². The van der Waals surface area contributed by atoms with Gasteiger partial charge in [-0.2, -0.15) is 0 Å². The fourth-order valence-corrected chi connectivity index (χ4v) is 0. The van der Waals surface area contributed by atoms with Crippen molar-refractivity contribution in [1.82, 2.24) is 0 Å². The molecular weight excluding hydrogens is 2060 g/mol. The van der Waals surface area contributed by atoms with Gasteiger partial charge in [0.15, 0.2) is 0 Å².